The number of H-pyrrole nitrogens is 1. The van der Waals surface area contributed by atoms with Gasteiger partial charge >= 0.3 is 5.97 Å². The Morgan fingerprint density at radius 1 is 0.956 bits per heavy atom. The van der Waals surface area contributed by atoms with Crippen LogP contribution in [0.3, 0.4) is 0 Å². The first kappa shape index (κ1) is 36.8. The van der Waals surface area contributed by atoms with Gasteiger partial charge in [0, 0.05) is 30.1 Å². The van der Waals surface area contributed by atoms with Crippen LogP contribution in [0, 0.1) is 0 Å². The average molecular weight is 650 g/mol. The van der Waals surface area contributed by atoms with E-state index in [0.717, 1.165) is 10.9 Å². The topological polar surface area (TPSA) is 280 Å². The molecule has 0 bridgehead atoms. The molecule has 1 heterocycles. The summed E-state index contributed by atoms with van der Waals surface area (Å²) in [6.07, 6.45) is 2.86. The van der Waals surface area contributed by atoms with E-state index in [1.807, 2.05) is 30.5 Å². The Morgan fingerprint density at radius 2 is 1.58 bits per heavy atom. The van der Waals surface area contributed by atoms with Crippen LogP contribution in [0.15, 0.2) is 35.5 Å². The summed E-state index contributed by atoms with van der Waals surface area (Å²) in [5.41, 5.74) is 18.1. The Bertz CT molecular complexity index is 1350. The summed E-state index contributed by atoms with van der Waals surface area (Å²) in [6, 6.07) is 2.58. The minimum absolute atomic E-state index is 0.0183. The highest BCUT2D eigenvalue weighted by Gasteiger charge is 2.31. The molecule has 0 aliphatic carbocycles. The van der Waals surface area contributed by atoms with Gasteiger partial charge in [-0.3, -0.25) is 29.0 Å². The molecule has 0 radical (unpaired) electrons. The van der Waals surface area contributed by atoms with Crippen LogP contribution in [-0.4, -0.2) is 106 Å². The number of carboxylic acid groups (broad SMARTS) is 1. The molecule has 16 nitrogen and oxygen atoms in total. The second-order valence-electron chi connectivity index (χ2n) is 10.4. The molecule has 45 heavy (non-hydrogen) atoms. The molecular formula is C28H43N9O7S. The van der Waals surface area contributed by atoms with Crippen molar-refractivity contribution < 1.29 is 34.2 Å². The number of carboxylic acids is 1. The van der Waals surface area contributed by atoms with Crippen LogP contribution >= 0.6 is 11.8 Å². The van der Waals surface area contributed by atoms with Gasteiger partial charge in [0.25, 0.3) is 0 Å². The number of aliphatic hydroxyl groups excluding tert-OH is 1. The fourth-order valence-electron chi connectivity index (χ4n) is 4.32. The average Bonchev–Trinajstić information content (AvgIpc) is 3.40. The quantitative estimate of drug-likeness (QED) is 0.0446. The number of aromatic nitrogens is 1. The number of nitrogens with one attached hydrogen (secondary N) is 5. The van der Waals surface area contributed by atoms with Gasteiger partial charge in [0.1, 0.15) is 30.7 Å². The largest absolute Gasteiger partial charge is 0.480 e. The third-order valence-corrected chi connectivity index (χ3v) is 7.43. The van der Waals surface area contributed by atoms with Crippen molar-refractivity contribution in [1.82, 2.24) is 26.3 Å². The number of carbonyl (C=O) groups is 5. The van der Waals surface area contributed by atoms with Gasteiger partial charge in [0.05, 0.1) is 6.10 Å². The summed E-state index contributed by atoms with van der Waals surface area (Å²) in [4.78, 5) is 70.7. The number of nitrogens with zero attached hydrogens (tertiary/aromatic N) is 1. The number of thioether (sulfide) groups is 1. The molecule has 0 saturated carbocycles. The highest BCUT2D eigenvalue weighted by atomic mass is 32.2. The standard InChI is InChI=1S/C28H43N9O7S/c1-15(38)23(29)27(44)37-21(12-16-13-33-18-7-4-3-6-17(16)18)26(43)35-19(8-5-10-32-28(30)31)25(42)36-20(9-11-45-2)24(41)34-14-22(39)40/h3-4,6-7,13,15,19-21,23,33,38H,5,8-12,14,29H2,1-2H3,(H,34,41)(H,35,43)(H,36,42)(H,37,44)(H,39,40)(H4,30,31,32)/t15-,19+,20+,21+,23+/m1/s1. The first-order valence-electron chi connectivity index (χ1n) is 14.3. The van der Waals surface area contributed by atoms with Crippen molar-refractivity contribution in [3.8, 4) is 0 Å². The van der Waals surface area contributed by atoms with Gasteiger partial charge < -0.3 is 53.7 Å². The first-order chi connectivity index (χ1) is 21.3. The Balaban J connectivity index is 2.34. The number of aliphatic imine (C=N–C) groups is 1. The molecule has 4 amide bonds. The van der Waals surface area contributed by atoms with E-state index in [1.54, 1.807) is 6.20 Å². The number of aliphatic carboxylic acids is 1. The van der Waals surface area contributed by atoms with Crippen molar-refractivity contribution in [2.24, 2.45) is 22.2 Å². The summed E-state index contributed by atoms with van der Waals surface area (Å²) in [6.45, 7) is 0.860. The maximum absolute atomic E-state index is 13.7. The van der Waals surface area contributed by atoms with Gasteiger partial charge in [-0.1, -0.05) is 18.2 Å². The Morgan fingerprint density at radius 3 is 2.20 bits per heavy atom. The summed E-state index contributed by atoms with van der Waals surface area (Å²) in [5, 5.41) is 29.7. The number of rotatable bonds is 19. The lowest BCUT2D eigenvalue weighted by Crippen LogP contribution is -2.59. The molecule has 0 unspecified atom stereocenters. The molecule has 2 aromatic rings. The zero-order valence-electron chi connectivity index (χ0n) is 25.2. The summed E-state index contributed by atoms with van der Waals surface area (Å²) >= 11 is 1.43. The maximum atomic E-state index is 13.7. The molecule has 1 aromatic heterocycles. The van der Waals surface area contributed by atoms with Crippen LogP contribution in [0.1, 0.15) is 31.7 Å². The van der Waals surface area contributed by atoms with Crippen molar-refractivity contribution in [2.75, 3.05) is 25.1 Å². The first-order valence-corrected chi connectivity index (χ1v) is 15.7. The van der Waals surface area contributed by atoms with Crippen LogP contribution in [0.4, 0.5) is 0 Å². The van der Waals surface area contributed by atoms with Gasteiger partial charge in [-0.15, -0.1) is 0 Å². The second kappa shape index (κ2) is 18.5. The number of hydrogen-bond donors (Lipinski definition) is 10. The molecule has 0 aliphatic rings. The van der Waals surface area contributed by atoms with E-state index in [1.165, 1.54) is 18.7 Å². The number of nitrogens with two attached hydrogens (primary N) is 3. The van der Waals surface area contributed by atoms with Gasteiger partial charge in [0.15, 0.2) is 5.96 Å². The predicted octanol–water partition coefficient (Wildman–Crippen LogP) is -2.12. The minimum Gasteiger partial charge on any atom is -0.480 e. The maximum Gasteiger partial charge on any atom is 0.322 e. The number of fused-ring (bicyclic) bond motifs is 1. The molecular weight excluding hydrogens is 606 g/mol. The summed E-state index contributed by atoms with van der Waals surface area (Å²) < 4.78 is 0. The van der Waals surface area contributed by atoms with E-state index in [4.69, 9.17) is 22.3 Å². The molecule has 0 spiro atoms. The van der Waals surface area contributed by atoms with Crippen molar-refractivity contribution in [3.05, 3.63) is 36.0 Å². The van der Waals surface area contributed by atoms with E-state index < -0.39 is 66.4 Å². The Kier molecular flexibility index (Phi) is 15.1. The molecule has 17 heteroatoms. The number of hydrogen-bond acceptors (Lipinski definition) is 9. The lowest BCUT2D eigenvalue weighted by atomic mass is 10.0. The lowest BCUT2D eigenvalue weighted by Gasteiger charge is -2.26. The van der Waals surface area contributed by atoms with Crippen LogP contribution in [0.2, 0.25) is 0 Å². The number of guanidine groups is 1. The molecule has 5 atom stereocenters. The van der Waals surface area contributed by atoms with E-state index in [0.29, 0.717) is 11.3 Å². The fourth-order valence-corrected chi connectivity index (χ4v) is 4.80. The number of aromatic amines is 1. The second-order valence-corrected chi connectivity index (χ2v) is 11.3. The van der Waals surface area contributed by atoms with Gasteiger partial charge in [-0.05, 0) is 49.8 Å². The third kappa shape index (κ3) is 12.3. The van der Waals surface area contributed by atoms with Gasteiger partial charge in [-0.2, -0.15) is 11.8 Å². The smallest absolute Gasteiger partial charge is 0.322 e. The third-order valence-electron chi connectivity index (χ3n) is 6.79. The fraction of sp³-hybridized carbons (Fsp3) is 0.500. The van der Waals surface area contributed by atoms with Crippen molar-refractivity contribution in [2.45, 2.75) is 62.9 Å². The molecule has 0 fully saturated rings. The normalized spacial score (nSPS) is 14.3. The zero-order chi connectivity index (χ0) is 33.5. The Hall–Kier alpha value is -4.35. The van der Waals surface area contributed by atoms with Crippen LogP contribution < -0.4 is 38.5 Å². The number of amides is 4. The zero-order valence-corrected chi connectivity index (χ0v) is 26.1. The highest BCUT2D eigenvalue weighted by Crippen LogP contribution is 2.19. The summed E-state index contributed by atoms with van der Waals surface area (Å²) in [7, 11) is 0. The predicted molar refractivity (Wildman–Crippen MR) is 171 cm³/mol. The number of aliphatic hydroxyl groups is 1. The monoisotopic (exact) mass is 649 g/mol. The Labute approximate surface area is 264 Å². The van der Waals surface area contributed by atoms with E-state index in [2.05, 4.69) is 31.2 Å². The van der Waals surface area contributed by atoms with Crippen molar-refractivity contribution >= 4 is 58.2 Å². The van der Waals surface area contributed by atoms with E-state index >= 15 is 0 Å². The van der Waals surface area contributed by atoms with Crippen molar-refractivity contribution in [1.29, 1.82) is 0 Å². The van der Waals surface area contributed by atoms with Crippen LogP contribution in [0.25, 0.3) is 10.9 Å². The molecule has 2 rings (SSSR count). The summed E-state index contributed by atoms with van der Waals surface area (Å²) in [5.74, 6) is -3.81. The lowest BCUT2D eigenvalue weighted by molar-refractivity contribution is -0.138. The van der Waals surface area contributed by atoms with E-state index in [9.17, 15) is 29.1 Å². The SMILES string of the molecule is CSCC[C@H](NC(=O)[C@H](CCCN=C(N)N)NC(=O)[C@H](Cc1c[nH]c2ccccc12)NC(=O)[C@@H](N)[C@@H](C)O)C(=O)NCC(=O)O. The number of para-hydroxylation sites is 1. The molecule has 1 aromatic carbocycles. The number of benzene rings is 1. The molecule has 13 N–H and O–H groups in total. The highest BCUT2D eigenvalue weighted by molar-refractivity contribution is 7.98. The molecule has 0 saturated heterocycles. The van der Waals surface area contributed by atoms with Gasteiger partial charge in [0.2, 0.25) is 23.6 Å². The molecule has 0 aliphatic heterocycles. The van der Waals surface area contributed by atoms with Crippen molar-refractivity contribution in [3.63, 3.8) is 0 Å². The number of carbonyl (C=O) groups excluding carboxylic acids is 4. The minimum atomic E-state index is -1.32. The van der Waals surface area contributed by atoms with E-state index in [-0.39, 0.29) is 38.2 Å². The van der Waals surface area contributed by atoms with Crippen LogP contribution in [0.5, 0.6) is 0 Å². The van der Waals surface area contributed by atoms with Gasteiger partial charge in [-0.25, -0.2) is 0 Å². The molecule has 248 valence electrons. The van der Waals surface area contributed by atoms with Crippen LogP contribution in [-0.2, 0) is 30.4 Å².